The van der Waals surface area contributed by atoms with E-state index in [0.717, 1.165) is 34.9 Å². The highest BCUT2D eigenvalue weighted by atomic mass is 16.3. The van der Waals surface area contributed by atoms with Crippen molar-refractivity contribution in [2.75, 3.05) is 14.1 Å². The van der Waals surface area contributed by atoms with Crippen LogP contribution < -0.4 is 5.32 Å². The molecule has 0 amide bonds. The molecule has 6 heteroatoms. The zero-order chi connectivity index (χ0) is 24.8. The number of allylic oxidation sites excluding steroid dienone is 3. The Morgan fingerprint density at radius 3 is 2.74 bits per heavy atom. The fraction of sp³-hybridized carbons (Fsp3) is 0.517. The van der Waals surface area contributed by atoms with Crippen LogP contribution in [0.5, 0.6) is 0 Å². The van der Waals surface area contributed by atoms with Crippen molar-refractivity contribution >= 4 is 16.5 Å². The number of aliphatic hydroxyl groups is 3. The molecular formula is C29H37N3O3. The minimum atomic E-state index is -0.847. The van der Waals surface area contributed by atoms with Gasteiger partial charge in [0.15, 0.2) is 0 Å². The Balaban J connectivity index is 0.000000806. The Kier molecular flexibility index (Phi) is 6.43. The number of aliphatic hydroxyl groups excluding tert-OH is 2. The average Bonchev–Trinajstić information content (AvgIpc) is 3.09. The SMILES string of the molecule is CC12CC(O)C3=C(CC[C@@]4(O)CCC(O)CC4=C3)C1CC=C2c1ccc2ncncc2c1.CNC. The predicted octanol–water partition coefficient (Wildman–Crippen LogP) is 3.93. The number of benzene rings is 1. The van der Waals surface area contributed by atoms with E-state index in [1.165, 1.54) is 16.7 Å². The van der Waals surface area contributed by atoms with Gasteiger partial charge in [-0.3, -0.25) is 0 Å². The molecule has 6 rings (SSSR count). The minimum absolute atomic E-state index is 0.155. The Hall–Kier alpha value is -2.38. The maximum absolute atomic E-state index is 11.3. The first-order valence-electron chi connectivity index (χ1n) is 12.8. The zero-order valence-electron chi connectivity index (χ0n) is 21.0. The summed E-state index contributed by atoms with van der Waals surface area (Å²) in [6.45, 7) is 2.29. The summed E-state index contributed by atoms with van der Waals surface area (Å²) in [5.41, 5.74) is 5.60. The van der Waals surface area contributed by atoms with Crippen molar-refractivity contribution in [1.82, 2.24) is 15.3 Å². The van der Waals surface area contributed by atoms with Crippen molar-refractivity contribution in [2.24, 2.45) is 11.3 Å². The molecule has 35 heavy (non-hydrogen) atoms. The third-order valence-electron chi connectivity index (χ3n) is 8.61. The van der Waals surface area contributed by atoms with Crippen LogP contribution in [0.4, 0.5) is 0 Å². The van der Waals surface area contributed by atoms with Gasteiger partial charge in [0.25, 0.3) is 0 Å². The predicted molar refractivity (Wildman–Crippen MR) is 138 cm³/mol. The number of aromatic nitrogens is 2. The van der Waals surface area contributed by atoms with Gasteiger partial charge >= 0.3 is 0 Å². The van der Waals surface area contributed by atoms with Crippen LogP contribution >= 0.6 is 0 Å². The molecule has 0 aliphatic heterocycles. The van der Waals surface area contributed by atoms with E-state index >= 15 is 0 Å². The third-order valence-corrected chi connectivity index (χ3v) is 8.61. The fourth-order valence-corrected chi connectivity index (χ4v) is 6.85. The average molecular weight is 476 g/mol. The standard InChI is InChI=1S/C27H30N2O3.C2H7N/c1-26-13-25(31)21-12-18-11-19(30)6-8-27(18,32)9-7-20(21)23(26)4-3-22(26)16-2-5-24-17(10-16)14-28-15-29-24;1-3-2/h2-3,5,10,12,14-15,19,23,25,30-32H,4,6-9,11,13H2,1H3;3H,1-2H3/t19?,23?,25?,26?,27-;/m0./s1. The fourth-order valence-electron chi connectivity index (χ4n) is 6.85. The topological polar surface area (TPSA) is 98.5 Å². The quantitative estimate of drug-likeness (QED) is 0.499. The molecule has 4 aliphatic rings. The highest BCUT2D eigenvalue weighted by molar-refractivity contribution is 5.84. The van der Waals surface area contributed by atoms with Crippen LogP contribution in [-0.2, 0) is 0 Å². The summed E-state index contributed by atoms with van der Waals surface area (Å²) < 4.78 is 0. The normalized spacial score (nSPS) is 34.1. The van der Waals surface area contributed by atoms with Crippen molar-refractivity contribution in [1.29, 1.82) is 0 Å². The van der Waals surface area contributed by atoms with Crippen molar-refractivity contribution in [2.45, 2.75) is 69.7 Å². The van der Waals surface area contributed by atoms with Crippen LogP contribution in [0.15, 0.2) is 59.6 Å². The van der Waals surface area contributed by atoms with Crippen LogP contribution in [0.3, 0.4) is 0 Å². The van der Waals surface area contributed by atoms with Gasteiger partial charge in [-0.05, 0) is 99.4 Å². The molecule has 1 aromatic heterocycles. The molecular weight excluding hydrogens is 438 g/mol. The van der Waals surface area contributed by atoms with Crippen LogP contribution in [0, 0.1) is 11.3 Å². The van der Waals surface area contributed by atoms with Gasteiger partial charge in [0.1, 0.15) is 6.33 Å². The van der Waals surface area contributed by atoms with Gasteiger partial charge in [0, 0.05) is 17.0 Å². The number of nitrogens with one attached hydrogen (secondary N) is 1. The molecule has 0 spiro atoms. The molecule has 4 unspecified atom stereocenters. The summed E-state index contributed by atoms with van der Waals surface area (Å²) in [7, 11) is 3.75. The second-order valence-corrected chi connectivity index (χ2v) is 10.9. The van der Waals surface area contributed by atoms with E-state index < -0.39 is 17.8 Å². The minimum Gasteiger partial charge on any atom is -0.393 e. The summed E-state index contributed by atoms with van der Waals surface area (Å²) >= 11 is 0. The van der Waals surface area contributed by atoms with Crippen molar-refractivity contribution in [3.8, 4) is 0 Å². The summed E-state index contributed by atoms with van der Waals surface area (Å²) in [4.78, 5) is 8.52. The second-order valence-electron chi connectivity index (χ2n) is 10.9. The monoisotopic (exact) mass is 475 g/mol. The van der Waals surface area contributed by atoms with E-state index in [1.807, 2.05) is 26.4 Å². The number of fused-ring (bicyclic) bond motifs is 4. The van der Waals surface area contributed by atoms with Gasteiger partial charge in [-0.15, -0.1) is 0 Å². The van der Waals surface area contributed by atoms with E-state index in [0.29, 0.717) is 38.0 Å². The smallest absolute Gasteiger partial charge is 0.116 e. The molecule has 4 N–H and O–H groups in total. The molecule has 1 fully saturated rings. The van der Waals surface area contributed by atoms with Gasteiger partial charge in [0.2, 0.25) is 0 Å². The van der Waals surface area contributed by atoms with Gasteiger partial charge < -0.3 is 20.6 Å². The van der Waals surface area contributed by atoms with Crippen LogP contribution in [0.2, 0.25) is 0 Å². The summed E-state index contributed by atoms with van der Waals surface area (Å²) in [5, 5.41) is 36.6. The summed E-state index contributed by atoms with van der Waals surface area (Å²) in [6.07, 6.45) is 11.7. The lowest BCUT2D eigenvalue weighted by atomic mass is 9.61. The first kappa shape index (κ1) is 24.3. The maximum Gasteiger partial charge on any atom is 0.116 e. The lowest BCUT2D eigenvalue weighted by Gasteiger charge is -2.43. The first-order valence-corrected chi connectivity index (χ1v) is 12.8. The van der Waals surface area contributed by atoms with Crippen LogP contribution in [0.25, 0.3) is 16.5 Å². The molecule has 1 saturated carbocycles. The maximum atomic E-state index is 11.3. The summed E-state index contributed by atoms with van der Waals surface area (Å²) in [5.74, 6) is 0.323. The Bertz CT molecular complexity index is 1220. The highest BCUT2D eigenvalue weighted by Crippen LogP contribution is 2.60. The number of nitrogens with zero attached hydrogens (tertiary/aromatic N) is 2. The van der Waals surface area contributed by atoms with E-state index in [4.69, 9.17) is 0 Å². The summed E-state index contributed by atoms with van der Waals surface area (Å²) in [6, 6.07) is 6.35. The van der Waals surface area contributed by atoms with Crippen molar-refractivity contribution in [3.05, 3.63) is 65.2 Å². The third kappa shape index (κ3) is 4.16. The molecule has 0 radical (unpaired) electrons. The highest BCUT2D eigenvalue weighted by Gasteiger charge is 2.50. The molecule has 1 aromatic carbocycles. The molecule has 2 aromatic rings. The van der Waals surface area contributed by atoms with E-state index in [2.05, 4.69) is 46.5 Å². The lowest BCUT2D eigenvalue weighted by Crippen LogP contribution is -2.38. The van der Waals surface area contributed by atoms with Gasteiger partial charge in [-0.2, -0.15) is 0 Å². The lowest BCUT2D eigenvalue weighted by molar-refractivity contribution is 0.00863. The van der Waals surface area contributed by atoms with Crippen LogP contribution in [0.1, 0.15) is 57.4 Å². The van der Waals surface area contributed by atoms with Crippen LogP contribution in [-0.4, -0.2) is 57.2 Å². The van der Waals surface area contributed by atoms with Gasteiger partial charge in [-0.1, -0.05) is 30.7 Å². The molecule has 6 nitrogen and oxygen atoms in total. The van der Waals surface area contributed by atoms with Crippen molar-refractivity contribution < 1.29 is 15.3 Å². The molecule has 186 valence electrons. The Labute approximate surface area is 207 Å². The molecule has 1 heterocycles. The molecule has 4 aliphatic carbocycles. The van der Waals surface area contributed by atoms with E-state index in [-0.39, 0.29) is 5.41 Å². The molecule has 5 atom stereocenters. The molecule has 0 bridgehead atoms. The van der Waals surface area contributed by atoms with Crippen molar-refractivity contribution in [3.63, 3.8) is 0 Å². The van der Waals surface area contributed by atoms with Gasteiger partial charge in [-0.25, -0.2) is 9.97 Å². The van der Waals surface area contributed by atoms with Gasteiger partial charge in [0.05, 0.1) is 23.3 Å². The van der Waals surface area contributed by atoms with E-state index in [1.54, 1.807) is 6.33 Å². The zero-order valence-corrected chi connectivity index (χ0v) is 21.0. The van der Waals surface area contributed by atoms with E-state index in [9.17, 15) is 15.3 Å². The largest absolute Gasteiger partial charge is 0.393 e. The second kappa shape index (κ2) is 9.25. The number of hydrogen-bond donors (Lipinski definition) is 4. The molecule has 0 saturated heterocycles. The first-order chi connectivity index (χ1) is 16.8. The number of rotatable bonds is 1. The Morgan fingerprint density at radius 2 is 1.94 bits per heavy atom. The number of hydrogen-bond acceptors (Lipinski definition) is 6. The Morgan fingerprint density at radius 1 is 1.14 bits per heavy atom.